The molecule has 1 saturated heterocycles. The standard InChI is InChI=1S/C21H20N6/c22-19-17-18(15-9-3-1-4-10-15)23-21(26-13-7-8-14-26)24-20(17)25-27(19)16-11-5-2-6-12-16/h1-6,9-12H,7-8,13-14,22H2. The molecule has 0 bridgehead atoms. The fraction of sp³-hybridized carbons (Fsp3) is 0.190. The second-order valence-corrected chi connectivity index (χ2v) is 6.76. The fourth-order valence-electron chi connectivity index (χ4n) is 3.63. The lowest BCUT2D eigenvalue weighted by atomic mass is 10.1. The minimum absolute atomic E-state index is 0.558. The number of nitrogens with two attached hydrogens (primary N) is 1. The number of anilines is 2. The fourth-order valence-corrected chi connectivity index (χ4v) is 3.63. The SMILES string of the molecule is Nc1c2c(-c3ccccc3)nc(N3CCCC3)nc2nn1-c1ccccc1. The van der Waals surface area contributed by atoms with E-state index in [1.54, 1.807) is 4.68 Å². The highest BCUT2D eigenvalue weighted by Crippen LogP contribution is 2.33. The molecule has 0 spiro atoms. The van der Waals surface area contributed by atoms with Crippen LogP contribution >= 0.6 is 0 Å². The maximum absolute atomic E-state index is 6.52. The number of para-hydroxylation sites is 1. The summed E-state index contributed by atoms with van der Waals surface area (Å²) in [5.41, 5.74) is 9.92. The number of fused-ring (bicyclic) bond motifs is 1. The largest absolute Gasteiger partial charge is 0.383 e. The van der Waals surface area contributed by atoms with Gasteiger partial charge in [0.05, 0.1) is 16.8 Å². The maximum atomic E-state index is 6.52. The Balaban J connectivity index is 1.78. The molecule has 1 aliphatic rings. The molecule has 5 rings (SSSR count). The van der Waals surface area contributed by atoms with E-state index in [0.717, 1.165) is 41.4 Å². The van der Waals surface area contributed by atoms with Crippen LogP contribution in [0.25, 0.3) is 28.0 Å². The number of aromatic nitrogens is 4. The molecule has 0 atom stereocenters. The quantitative estimate of drug-likeness (QED) is 0.606. The molecule has 4 aromatic rings. The lowest BCUT2D eigenvalue weighted by Crippen LogP contribution is -2.20. The van der Waals surface area contributed by atoms with Crippen LogP contribution in [0.15, 0.2) is 60.7 Å². The van der Waals surface area contributed by atoms with Crippen LogP contribution < -0.4 is 10.6 Å². The highest BCUT2D eigenvalue weighted by atomic mass is 15.4. The van der Waals surface area contributed by atoms with Crippen LogP contribution in [0, 0.1) is 0 Å². The van der Waals surface area contributed by atoms with E-state index in [1.165, 1.54) is 12.8 Å². The van der Waals surface area contributed by atoms with Gasteiger partial charge in [0.1, 0.15) is 5.82 Å². The maximum Gasteiger partial charge on any atom is 0.228 e. The van der Waals surface area contributed by atoms with E-state index in [4.69, 9.17) is 20.8 Å². The Morgan fingerprint density at radius 1 is 0.815 bits per heavy atom. The van der Waals surface area contributed by atoms with E-state index in [1.807, 2.05) is 48.5 Å². The van der Waals surface area contributed by atoms with Crippen molar-refractivity contribution in [3.05, 3.63) is 60.7 Å². The lowest BCUT2D eigenvalue weighted by molar-refractivity contribution is 0.883. The smallest absolute Gasteiger partial charge is 0.228 e. The van der Waals surface area contributed by atoms with Crippen LogP contribution in [0.1, 0.15) is 12.8 Å². The van der Waals surface area contributed by atoms with Crippen molar-refractivity contribution < 1.29 is 0 Å². The summed E-state index contributed by atoms with van der Waals surface area (Å²) in [5, 5.41) is 5.51. The highest BCUT2D eigenvalue weighted by molar-refractivity contribution is 5.99. The molecular weight excluding hydrogens is 336 g/mol. The Bertz CT molecular complexity index is 1080. The van der Waals surface area contributed by atoms with Crippen molar-refractivity contribution in [1.29, 1.82) is 0 Å². The van der Waals surface area contributed by atoms with Crippen molar-refractivity contribution in [2.75, 3.05) is 23.7 Å². The summed E-state index contributed by atoms with van der Waals surface area (Å²) in [5.74, 6) is 1.29. The Kier molecular flexibility index (Phi) is 3.74. The van der Waals surface area contributed by atoms with Crippen LogP contribution in [-0.4, -0.2) is 32.8 Å². The Morgan fingerprint density at radius 2 is 1.48 bits per heavy atom. The zero-order valence-electron chi connectivity index (χ0n) is 14.9. The Morgan fingerprint density at radius 3 is 2.19 bits per heavy atom. The van der Waals surface area contributed by atoms with Gasteiger partial charge in [0.15, 0.2) is 5.65 Å². The highest BCUT2D eigenvalue weighted by Gasteiger charge is 2.22. The zero-order chi connectivity index (χ0) is 18.2. The van der Waals surface area contributed by atoms with E-state index < -0.39 is 0 Å². The summed E-state index contributed by atoms with van der Waals surface area (Å²) < 4.78 is 1.75. The van der Waals surface area contributed by atoms with E-state index in [2.05, 4.69) is 17.0 Å². The molecule has 0 unspecified atom stereocenters. The van der Waals surface area contributed by atoms with Crippen molar-refractivity contribution >= 4 is 22.8 Å². The average Bonchev–Trinajstić information content (AvgIpc) is 3.37. The van der Waals surface area contributed by atoms with Gasteiger partial charge in [0.25, 0.3) is 0 Å². The summed E-state index contributed by atoms with van der Waals surface area (Å²) in [4.78, 5) is 11.9. The van der Waals surface area contributed by atoms with E-state index in [0.29, 0.717) is 11.5 Å². The van der Waals surface area contributed by atoms with Crippen molar-refractivity contribution in [1.82, 2.24) is 19.7 Å². The molecule has 0 aliphatic carbocycles. The molecular formula is C21H20N6. The third-order valence-electron chi connectivity index (χ3n) is 4.99. The average molecular weight is 356 g/mol. The molecule has 1 aliphatic heterocycles. The van der Waals surface area contributed by atoms with Crippen LogP contribution in [0.5, 0.6) is 0 Å². The van der Waals surface area contributed by atoms with Gasteiger partial charge in [0, 0.05) is 18.7 Å². The van der Waals surface area contributed by atoms with Crippen LogP contribution in [0.2, 0.25) is 0 Å². The molecule has 0 amide bonds. The second kappa shape index (κ2) is 6.39. The normalized spacial score (nSPS) is 14.1. The zero-order valence-corrected chi connectivity index (χ0v) is 14.9. The molecule has 2 N–H and O–H groups in total. The first-order valence-corrected chi connectivity index (χ1v) is 9.23. The molecule has 3 heterocycles. The minimum atomic E-state index is 0.558. The van der Waals surface area contributed by atoms with Gasteiger partial charge < -0.3 is 10.6 Å². The summed E-state index contributed by atoms with van der Waals surface area (Å²) in [7, 11) is 0. The first-order valence-electron chi connectivity index (χ1n) is 9.23. The number of benzene rings is 2. The molecule has 0 saturated carbocycles. The van der Waals surface area contributed by atoms with Gasteiger partial charge in [-0.3, -0.25) is 0 Å². The van der Waals surface area contributed by atoms with E-state index in [-0.39, 0.29) is 0 Å². The lowest BCUT2D eigenvalue weighted by Gasteiger charge is -2.16. The third-order valence-corrected chi connectivity index (χ3v) is 4.99. The van der Waals surface area contributed by atoms with Gasteiger partial charge in [-0.05, 0) is 25.0 Å². The molecule has 27 heavy (non-hydrogen) atoms. The van der Waals surface area contributed by atoms with Crippen molar-refractivity contribution in [3.63, 3.8) is 0 Å². The summed E-state index contributed by atoms with van der Waals surface area (Å²) >= 11 is 0. The summed E-state index contributed by atoms with van der Waals surface area (Å²) in [6.45, 7) is 1.96. The number of rotatable bonds is 3. The third kappa shape index (κ3) is 2.70. The summed E-state index contributed by atoms with van der Waals surface area (Å²) in [6.07, 6.45) is 2.34. The van der Waals surface area contributed by atoms with Gasteiger partial charge in [-0.1, -0.05) is 48.5 Å². The second-order valence-electron chi connectivity index (χ2n) is 6.76. The topological polar surface area (TPSA) is 72.9 Å². The van der Waals surface area contributed by atoms with E-state index >= 15 is 0 Å². The molecule has 134 valence electrons. The minimum Gasteiger partial charge on any atom is -0.383 e. The molecule has 6 nitrogen and oxygen atoms in total. The Labute approximate surface area is 157 Å². The predicted octanol–water partition coefficient (Wildman–Crippen LogP) is 3.66. The van der Waals surface area contributed by atoms with Gasteiger partial charge in [0.2, 0.25) is 5.95 Å². The van der Waals surface area contributed by atoms with E-state index in [9.17, 15) is 0 Å². The van der Waals surface area contributed by atoms with Gasteiger partial charge >= 0.3 is 0 Å². The molecule has 2 aromatic heterocycles. The summed E-state index contributed by atoms with van der Waals surface area (Å²) in [6, 6.07) is 20.0. The molecule has 0 radical (unpaired) electrons. The van der Waals surface area contributed by atoms with Gasteiger partial charge in [-0.2, -0.15) is 4.98 Å². The van der Waals surface area contributed by atoms with Crippen molar-refractivity contribution in [3.8, 4) is 16.9 Å². The number of hydrogen-bond acceptors (Lipinski definition) is 5. The first-order chi connectivity index (χ1) is 13.3. The van der Waals surface area contributed by atoms with Crippen molar-refractivity contribution in [2.24, 2.45) is 0 Å². The van der Waals surface area contributed by atoms with Gasteiger partial charge in [-0.15, -0.1) is 5.10 Å². The molecule has 2 aromatic carbocycles. The molecule has 6 heteroatoms. The molecule has 1 fully saturated rings. The number of hydrogen-bond donors (Lipinski definition) is 1. The van der Waals surface area contributed by atoms with Crippen molar-refractivity contribution in [2.45, 2.75) is 12.8 Å². The first kappa shape index (κ1) is 15.8. The Hall–Kier alpha value is -3.41. The van der Waals surface area contributed by atoms with Crippen LogP contribution in [0.3, 0.4) is 0 Å². The monoisotopic (exact) mass is 356 g/mol. The van der Waals surface area contributed by atoms with Crippen LogP contribution in [-0.2, 0) is 0 Å². The number of nitrogen functional groups attached to an aromatic ring is 1. The predicted molar refractivity (Wildman–Crippen MR) is 108 cm³/mol. The number of nitrogens with zero attached hydrogens (tertiary/aromatic N) is 5. The van der Waals surface area contributed by atoms with Gasteiger partial charge in [-0.25, -0.2) is 9.67 Å². The van der Waals surface area contributed by atoms with Crippen LogP contribution in [0.4, 0.5) is 11.8 Å².